The zero-order valence-corrected chi connectivity index (χ0v) is 13.5. The number of aryl methyl sites for hydroxylation is 1. The topological polar surface area (TPSA) is 34.2 Å². The van der Waals surface area contributed by atoms with Gasteiger partial charge in [0.15, 0.2) is 0 Å². The Kier molecular flexibility index (Phi) is 4.68. The molecule has 0 radical (unpaired) electrons. The number of ether oxygens (including phenoxy) is 1. The molecule has 1 aliphatic rings. The van der Waals surface area contributed by atoms with Crippen molar-refractivity contribution < 1.29 is 4.74 Å². The van der Waals surface area contributed by atoms with E-state index >= 15 is 0 Å². The van der Waals surface area contributed by atoms with Crippen LogP contribution in [0.5, 0.6) is 0 Å². The van der Waals surface area contributed by atoms with Gasteiger partial charge in [-0.2, -0.15) is 0 Å². The molecule has 3 rings (SSSR count). The van der Waals surface area contributed by atoms with Gasteiger partial charge in [0, 0.05) is 18.0 Å². The first kappa shape index (κ1) is 14.7. The van der Waals surface area contributed by atoms with Gasteiger partial charge in [0.2, 0.25) is 0 Å². The number of thiazole rings is 1. The van der Waals surface area contributed by atoms with Gasteiger partial charge in [0.05, 0.1) is 5.69 Å². The summed E-state index contributed by atoms with van der Waals surface area (Å²) in [5, 5.41) is 4.66. The maximum absolute atomic E-state index is 5.72. The van der Waals surface area contributed by atoms with Crippen LogP contribution in [0.1, 0.15) is 53.1 Å². The second-order valence-corrected chi connectivity index (χ2v) is 6.45. The molecule has 0 spiro atoms. The predicted octanol–water partition coefficient (Wildman–Crippen LogP) is 3.87. The lowest BCUT2D eigenvalue weighted by molar-refractivity contribution is 0.136. The Morgan fingerprint density at radius 3 is 2.90 bits per heavy atom. The molecule has 2 unspecified atom stereocenters. The van der Waals surface area contributed by atoms with Crippen molar-refractivity contribution in [3.8, 4) is 0 Å². The van der Waals surface area contributed by atoms with Crippen LogP contribution < -0.4 is 5.32 Å². The molecular weight excluding hydrogens is 280 g/mol. The van der Waals surface area contributed by atoms with E-state index in [-0.39, 0.29) is 6.10 Å². The third kappa shape index (κ3) is 3.03. The SMILES string of the molecule is CCNC1CCCc2nc(C(OC)c3ccccc3)sc21. The lowest BCUT2D eigenvalue weighted by atomic mass is 9.98. The van der Waals surface area contributed by atoms with Crippen molar-refractivity contribution in [3.63, 3.8) is 0 Å². The van der Waals surface area contributed by atoms with E-state index in [9.17, 15) is 0 Å². The minimum Gasteiger partial charge on any atom is -0.370 e. The summed E-state index contributed by atoms with van der Waals surface area (Å²) in [6.45, 7) is 3.17. The molecule has 1 N–H and O–H groups in total. The Labute approximate surface area is 130 Å². The van der Waals surface area contributed by atoms with Gasteiger partial charge in [-0.25, -0.2) is 4.98 Å². The van der Waals surface area contributed by atoms with Crippen LogP contribution in [0.3, 0.4) is 0 Å². The highest BCUT2D eigenvalue weighted by Gasteiger charge is 2.27. The number of methoxy groups -OCH3 is 1. The summed E-state index contributed by atoms with van der Waals surface area (Å²) in [6, 6.07) is 10.8. The molecule has 2 aromatic rings. The van der Waals surface area contributed by atoms with E-state index in [0.717, 1.165) is 18.0 Å². The quantitative estimate of drug-likeness (QED) is 0.910. The van der Waals surface area contributed by atoms with Gasteiger partial charge in [0.25, 0.3) is 0 Å². The van der Waals surface area contributed by atoms with Crippen LogP contribution >= 0.6 is 11.3 Å². The molecule has 0 bridgehead atoms. The van der Waals surface area contributed by atoms with E-state index in [4.69, 9.17) is 9.72 Å². The maximum atomic E-state index is 5.72. The highest BCUT2D eigenvalue weighted by atomic mass is 32.1. The number of benzene rings is 1. The number of hydrogen-bond donors (Lipinski definition) is 1. The largest absolute Gasteiger partial charge is 0.370 e. The minimum absolute atomic E-state index is 0.0518. The molecule has 0 amide bonds. The van der Waals surface area contributed by atoms with Gasteiger partial charge in [-0.05, 0) is 31.4 Å². The van der Waals surface area contributed by atoms with Gasteiger partial charge in [-0.3, -0.25) is 0 Å². The normalized spacial score (nSPS) is 19.2. The molecule has 1 aromatic heterocycles. The molecule has 4 heteroatoms. The van der Waals surface area contributed by atoms with Gasteiger partial charge in [-0.1, -0.05) is 37.3 Å². The fourth-order valence-electron chi connectivity index (χ4n) is 3.00. The van der Waals surface area contributed by atoms with E-state index in [2.05, 4.69) is 36.5 Å². The van der Waals surface area contributed by atoms with Crippen LogP contribution in [0, 0.1) is 0 Å². The van der Waals surface area contributed by atoms with Crippen molar-refractivity contribution in [1.82, 2.24) is 10.3 Å². The Hall–Kier alpha value is -1.23. The number of rotatable bonds is 5. The van der Waals surface area contributed by atoms with Gasteiger partial charge in [0.1, 0.15) is 11.1 Å². The van der Waals surface area contributed by atoms with Crippen LogP contribution in [0.25, 0.3) is 0 Å². The van der Waals surface area contributed by atoms with Crippen molar-refractivity contribution in [1.29, 1.82) is 0 Å². The zero-order valence-electron chi connectivity index (χ0n) is 12.6. The molecule has 3 nitrogen and oxygen atoms in total. The second kappa shape index (κ2) is 6.69. The van der Waals surface area contributed by atoms with Crippen molar-refractivity contribution in [3.05, 3.63) is 51.5 Å². The first-order valence-electron chi connectivity index (χ1n) is 7.64. The molecule has 0 saturated carbocycles. The summed E-state index contributed by atoms with van der Waals surface area (Å²) in [5.41, 5.74) is 2.44. The number of hydrogen-bond acceptors (Lipinski definition) is 4. The summed E-state index contributed by atoms with van der Waals surface area (Å²) in [4.78, 5) is 6.30. The lowest BCUT2D eigenvalue weighted by Crippen LogP contribution is -2.23. The summed E-state index contributed by atoms with van der Waals surface area (Å²) in [5.74, 6) is 0. The zero-order chi connectivity index (χ0) is 14.7. The number of nitrogens with one attached hydrogen (secondary N) is 1. The average molecular weight is 302 g/mol. The Morgan fingerprint density at radius 1 is 1.38 bits per heavy atom. The van der Waals surface area contributed by atoms with Crippen molar-refractivity contribution in [2.75, 3.05) is 13.7 Å². The van der Waals surface area contributed by atoms with Crippen molar-refractivity contribution in [2.45, 2.75) is 38.3 Å². The molecule has 1 aromatic carbocycles. The van der Waals surface area contributed by atoms with Crippen molar-refractivity contribution >= 4 is 11.3 Å². The third-order valence-corrected chi connectivity index (χ3v) is 5.23. The van der Waals surface area contributed by atoms with Crippen LogP contribution in [-0.4, -0.2) is 18.6 Å². The fourth-order valence-corrected chi connectivity index (χ4v) is 4.33. The molecule has 1 aliphatic carbocycles. The molecule has 21 heavy (non-hydrogen) atoms. The Morgan fingerprint density at radius 2 is 2.19 bits per heavy atom. The molecule has 0 fully saturated rings. The standard InChI is InChI=1S/C17H22N2OS/c1-3-18-13-10-7-11-14-16(13)21-17(19-14)15(20-2)12-8-5-4-6-9-12/h4-6,8-9,13,15,18H,3,7,10-11H2,1-2H3. The van der Waals surface area contributed by atoms with Gasteiger partial charge in [-0.15, -0.1) is 11.3 Å². The summed E-state index contributed by atoms with van der Waals surface area (Å²) in [6.07, 6.45) is 3.48. The van der Waals surface area contributed by atoms with E-state index < -0.39 is 0 Å². The summed E-state index contributed by atoms with van der Waals surface area (Å²) >= 11 is 1.81. The highest BCUT2D eigenvalue weighted by molar-refractivity contribution is 7.12. The predicted molar refractivity (Wildman–Crippen MR) is 86.8 cm³/mol. The van der Waals surface area contributed by atoms with E-state index in [1.165, 1.54) is 29.0 Å². The lowest BCUT2D eigenvalue weighted by Gasteiger charge is -2.21. The molecule has 1 heterocycles. The molecule has 112 valence electrons. The van der Waals surface area contributed by atoms with Gasteiger partial charge < -0.3 is 10.1 Å². The summed E-state index contributed by atoms with van der Waals surface area (Å²) < 4.78 is 5.72. The van der Waals surface area contributed by atoms with E-state index in [1.54, 1.807) is 7.11 Å². The number of nitrogens with zero attached hydrogens (tertiary/aromatic N) is 1. The first-order valence-corrected chi connectivity index (χ1v) is 8.45. The Balaban J connectivity index is 1.92. The van der Waals surface area contributed by atoms with Gasteiger partial charge >= 0.3 is 0 Å². The van der Waals surface area contributed by atoms with Crippen LogP contribution in [0.4, 0.5) is 0 Å². The molecule has 2 atom stereocenters. The van der Waals surface area contributed by atoms with Crippen LogP contribution in [0.15, 0.2) is 30.3 Å². The van der Waals surface area contributed by atoms with E-state index in [1.807, 2.05) is 17.4 Å². The van der Waals surface area contributed by atoms with Crippen LogP contribution in [0.2, 0.25) is 0 Å². The Bertz CT molecular complexity index is 582. The van der Waals surface area contributed by atoms with Crippen molar-refractivity contribution in [2.24, 2.45) is 0 Å². The molecular formula is C17H22N2OS. The molecule has 0 aliphatic heterocycles. The average Bonchev–Trinajstić information content (AvgIpc) is 2.94. The number of aromatic nitrogens is 1. The van der Waals surface area contributed by atoms with E-state index in [0.29, 0.717) is 6.04 Å². The maximum Gasteiger partial charge on any atom is 0.134 e. The third-order valence-electron chi connectivity index (χ3n) is 3.98. The first-order chi connectivity index (χ1) is 10.3. The number of fused-ring (bicyclic) bond motifs is 1. The fraction of sp³-hybridized carbons (Fsp3) is 0.471. The minimum atomic E-state index is -0.0518. The molecule has 0 saturated heterocycles. The monoisotopic (exact) mass is 302 g/mol. The second-order valence-electron chi connectivity index (χ2n) is 5.39. The van der Waals surface area contributed by atoms with Crippen LogP contribution in [-0.2, 0) is 11.2 Å². The summed E-state index contributed by atoms with van der Waals surface area (Å²) in [7, 11) is 1.76. The smallest absolute Gasteiger partial charge is 0.134 e. The highest BCUT2D eigenvalue weighted by Crippen LogP contribution is 2.38.